The molecule has 6 nitrogen and oxygen atoms in total. The van der Waals surface area contributed by atoms with Crippen molar-refractivity contribution in [1.82, 2.24) is 0 Å². The van der Waals surface area contributed by atoms with Crippen molar-refractivity contribution in [2.45, 2.75) is 25.7 Å². The van der Waals surface area contributed by atoms with Crippen LogP contribution in [0, 0.1) is 0 Å². The van der Waals surface area contributed by atoms with Crippen LogP contribution in [-0.2, 0) is 0 Å². The number of ether oxygens (including phenoxy) is 4. The van der Waals surface area contributed by atoms with E-state index < -0.39 is 11.9 Å². The average Bonchev–Trinajstić information content (AvgIpc) is 2.91. The summed E-state index contributed by atoms with van der Waals surface area (Å²) in [6.45, 7) is 8.53. The van der Waals surface area contributed by atoms with E-state index in [2.05, 4.69) is 13.2 Å². The lowest BCUT2D eigenvalue weighted by molar-refractivity contribution is 0.0719. The smallest absolute Gasteiger partial charge is 0.343 e. The standard InChI is InChI=1S/C30H30O6/c1-3-5-7-21-33-25-13-9-23(10-14-25)29(31)35-27-17-19-28(20-18-27)36-30(32)24-11-15-26(16-12-24)34-22-8-6-4-2/h3-4,9-20H,1-2,5-8,21-22H2. The van der Waals surface area contributed by atoms with Crippen LogP contribution in [0.1, 0.15) is 46.4 Å². The first kappa shape index (κ1) is 26.3. The molecule has 0 spiro atoms. The van der Waals surface area contributed by atoms with Crippen LogP contribution >= 0.6 is 0 Å². The molecule has 0 aliphatic carbocycles. The molecule has 3 aromatic carbocycles. The van der Waals surface area contributed by atoms with Gasteiger partial charge in [-0.25, -0.2) is 9.59 Å². The minimum atomic E-state index is -0.496. The minimum absolute atomic E-state index is 0.336. The molecular formula is C30H30O6. The van der Waals surface area contributed by atoms with Crippen molar-refractivity contribution in [2.75, 3.05) is 13.2 Å². The van der Waals surface area contributed by atoms with E-state index in [0.717, 1.165) is 25.7 Å². The Balaban J connectivity index is 1.47. The molecule has 36 heavy (non-hydrogen) atoms. The first-order valence-electron chi connectivity index (χ1n) is 11.8. The largest absolute Gasteiger partial charge is 0.494 e. The monoisotopic (exact) mass is 486 g/mol. The Morgan fingerprint density at radius 3 is 1.22 bits per heavy atom. The highest BCUT2D eigenvalue weighted by Gasteiger charge is 2.11. The number of carbonyl (C=O) groups excluding carboxylic acids is 2. The summed E-state index contributed by atoms with van der Waals surface area (Å²) in [4.78, 5) is 24.8. The molecule has 0 saturated carbocycles. The molecule has 186 valence electrons. The van der Waals surface area contributed by atoms with Gasteiger partial charge < -0.3 is 18.9 Å². The maximum atomic E-state index is 12.4. The van der Waals surface area contributed by atoms with Crippen molar-refractivity contribution < 1.29 is 28.5 Å². The number of allylic oxidation sites excluding steroid dienone is 2. The van der Waals surface area contributed by atoms with Crippen LogP contribution in [-0.4, -0.2) is 25.2 Å². The Hall–Kier alpha value is -4.32. The molecule has 6 heteroatoms. The summed E-state index contributed by atoms with van der Waals surface area (Å²) in [5.41, 5.74) is 0.800. The summed E-state index contributed by atoms with van der Waals surface area (Å²) in [6.07, 6.45) is 7.25. The van der Waals surface area contributed by atoms with Crippen LogP contribution < -0.4 is 18.9 Å². The van der Waals surface area contributed by atoms with Gasteiger partial charge in [0.05, 0.1) is 24.3 Å². The lowest BCUT2D eigenvalue weighted by Crippen LogP contribution is -2.09. The van der Waals surface area contributed by atoms with E-state index in [4.69, 9.17) is 18.9 Å². The molecule has 3 aromatic rings. The second-order valence-corrected chi connectivity index (χ2v) is 7.86. The maximum Gasteiger partial charge on any atom is 0.343 e. The second-order valence-electron chi connectivity index (χ2n) is 7.86. The normalized spacial score (nSPS) is 10.2. The Labute approximate surface area is 211 Å². The molecule has 0 fully saturated rings. The number of rotatable bonds is 14. The third-order valence-electron chi connectivity index (χ3n) is 5.07. The van der Waals surface area contributed by atoms with Crippen LogP contribution in [0.25, 0.3) is 0 Å². The van der Waals surface area contributed by atoms with E-state index in [0.29, 0.717) is 47.3 Å². The number of esters is 2. The van der Waals surface area contributed by atoms with E-state index in [1.807, 2.05) is 12.2 Å². The summed E-state index contributed by atoms with van der Waals surface area (Å²) < 4.78 is 22.0. The van der Waals surface area contributed by atoms with Crippen molar-refractivity contribution in [1.29, 1.82) is 0 Å². The predicted octanol–water partition coefficient (Wildman–Crippen LogP) is 6.82. The number of benzene rings is 3. The lowest BCUT2D eigenvalue weighted by atomic mass is 10.2. The van der Waals surface area contributed by atoms with E-state index in [9.17, 15) is 9.59 Å². The van der Waals surface area contributed by atoms with Crippen LogP contribution in [0.2, 0.25) is 0 Å². The van der Waals surface area contributed by atoms with E-state index in [1.54, 1.807) is 72.8 Å². The van der Waals surface area contributed by atoms with Crippen LogP contribution in [0.3, 0.4) is 0 Å². The molecule has 0 bridgehead atoms. The molecule has 0 aromatic heterocycles. The summed E-state index contributed by atoms with van der Waals surface area (Å²) in [6, 6.07) is 19.8. The fourth-order valence-corrected chi connectivity index (χ4v) is 3.12. The zero-order valence-corrected chi connectivity index (χ0v) is 20.2. The second kappa shape index (κ2) is 14.2. The van der Waals surface area contributed by atoms with Gasteiger partial charge in [0.25, 0.3) is 0 Å². The predicted molar refractivity (Wildman–Crippen MR) is 139 cm³/mol. The highest BCUT2D eigenvalue weighted by atomic mass is 16.5. The molecule has 0 saturated heterocycles. The molecule has 0 unspecified atom stereocenters. The lowest BCUT2D eigenvalue weighted by Gasteiger charge is -2.09. The summed E-state index contributed by atoms with van der Waals surface area (Å²) in [5, 5.41) is 0. The van der Waals surface area contributed by atoms with Gasteiger partial charge in [0.15, 0.2) is 0 Å². The van der Waals surface area contributed by atoms with E-state index >= 15 is 0 Å². The van der Waals surface area contributed by atoms with Crippen molar-refractivity contribution in [3.05, 3.63) is 109 Å². The quantitative estimate of drug-likeness (QED) is 0.108. The number of unbranched alkanes of at least 4 members (excludes halogenated alkanes) is 2. The fourth-order valence-electron chi connectivity index (χ4n) is 3.12. The summed E-state index contributed by atoms with van der Waals surface area (Å²) in [5.74, 6) is 1.06. The zero-order valence-electron chi connectivity index (χ0n) is 20.2. The molecule has 3 rings (SSSR count). The molecular weight excluding hydrogens is 456 g/mol. The van der Waals surface area contributed by atoms with Gasteiger partial charge in [0.1, 0.15) is 23.0 Å². The Morgan fingerprint density at radius 1 is 0.556 bits per heavy atom. The Morgan fingerprint density at radius 2 is 0.889 bits per heavy atom. The van der Waals surface area contributed by atoms with Gasteiger partial charge in [0, 0.05) is 0 Å². The van der Waals surface area contributed by atoms with Crippen molar-refractivity contribution >= 4 is 11.9 Å². The molecule has 0 amide bonds. The molecule has 0 aliphatic heterocycles. The van der Waals surface area contributed by atoms with Crippen molar-refractivity contribution in [3.8, 4) is 23.0 Å². The maximum absolute atomic E-state index is 12.4. The zero-order chi connectivity index (χ0) is 25.6. The molecule has 0 N–H and O–H groups in total. The van der Waals surface area contributed by atoms with Crippen molar-refractivity contribution in [3.63, 3.8) is 0 Å². The average molecular weight is 487 g/mol. The topological polar surface area (TPSA) is 71.1 Å². The van der Waals surface area contributed by atoms with Crippen molar-refractivity contribution in [2.24, 2.45) is 0 Å². The number of hydrogen-bond donors (Lipinski definition) is 0. The molecule has 0 radical (unpaired) electrons. The van der Waals surface area contributed by atoms with Crippen LogP contribution in [0.4, 0.5) is 0 Å². The van der Waals surface area contributed by atoms with Gasteiger partial charge in [-0.1, -0.05) is 12.2 Å². The Kier molecular flexibility index (Phi) is 10.3. The van der Waals surface area contributed by atoms with Gasteiger partial charge in [-0.15, -0.1) is 13.2 Å². The molecule has 0 aliphatic rings. The third kappa shape index (κ3) is 8.47. The SMILES string of the molecule is C=CCCCOc1ccc(C(=O)Oc2ccc(OC(=O)c3ccc(OCCCC=C)cc3)cc2)cc1. The first-order chi connectivity index (χ1) is 17.6. The summed E-state index contributed by atoms with van der Waals surface area (Å²) >= 11 is 0. The number of hydrogen-bond acceptors (Lipinski definition) is 6. The molecule has 0 heterocycles. The third-order valence-corrected chi connectivity index (χ3v) is 5.07. The van der Waals surface area contributed by atoms with Gasteiger partial charge in [0.2, 0.25) is 0 Å². The highest BCUT2D eigenvalue weighted by Crippen LogP contribution is 2.21. The van der Waals surface area contributed by atoms with Crippen LogP contribution in [0.5, 0.6) is 23.0 Å². The van der Waals surface area contributed by atoms with Gasteiger partial charge in [-0.05, 0) is 98.5 Å². The minimum Gasteiger partial charge on any atom is -0.494 e. The Bertz CT molecular complexity index is 1040. The van der Waals surface area contributed by atoms with Gasteiger partial charge >= 0.3 is 11.9 Å². The fraction of sp³-hybridized carbons (Fsp3) is 0.200. The van der Waals surface area contributed by atoms with Gasteiger partial charge in [-0.2, -0.15) is 0 Å². The first-order valence-corrected chi connectivity index (χ1v) is 11.8. The van der Waals surface area contributed by atoms with E-state index in [-0.39, 0.29) is 0 Å². The highest BCUT2D eigenvalue weighted by molar-refractivity contribution is 5.92. The van der Waals surface area contributed by atoms with Crippen LogP contribution in [0.15, 0.2) is 98.1 Å². The molecule has 0 atom stereocenters. The van der Waals surface area contributed by atoms with Gasteiger partial charge in [-0.3, -0.25) is 0 Å². The van der Waals surface area contributed by atoms with E-state index in [1.165, 1.54) is 0 Å². The number of carbonyl (C=O) groups is 2. The summed E-state index contributed by atoms with van der Waals surface area (Å²) in [7, 11) is 0.